The fourth-order valence-corrected chi connectivity index (χ4v) is 3.78. The van der Waals surface area contributed by atoms with Crippen LogP contribution in [0.25, 0.3) is 0 Å². The van der Waals surface area contributed by atoms with E-state index in [0.29, 0.717) is 22.7 Å². The fourth-order valence-electron chi connectivity index (χ4n) is 3.21. The molecule has 1 aliphatic carbocycles. The van der Waals surface area contributed by atoms with Crippen LogP contribution in [0.3, 0.4) is 0 Å². The minimum atomic E-state index is -3.82. The van der Waals surface area contributed by atoms with E-state index >= 15 is 0 Å². The smallest absolute Gasteiger partial charge is 0.254 e. The van der Waals surface area contributed by atoms with E-state index in [2.05, 4.69) is 5.32 Å². The SMILES string of the molecule is CC1CC1C(=O)Nc1cccc(C(=O)N(C)C(C)c2cccc(S(N)(=O)=O)c2)c1. The molecule has 2 amide bonds. The molecule has 0 aromatic heterocycles. The van der Waals surface area contributed by atoms with Gasteiger partial charge in [0.25, 0.3) is 5.91 Å². The molecule has 3 atom stereocenters. The Balaban J connectivity index is 1.76. The highest BCUT2D eigenvalue weighted by Crippen LogP contribution is 2.38. The van der Waals surface area contributed by atoms with Crippen molar-refractivity contribution in [1.82, 2.24) is 4.90 Å². The van der Waals surface area contributed by atoms with Crippen molar-refractivity contribution in [2.75, 3.05) is 12.4 Å². The number of hydrogen-bond acceptors (Lipinski definition) is 4. The Morgan fingerprint density at radius 3 is 2.45 bits per heavy atom. The van der Waals surface area contributed by atoms with Gasteiger partial charge in [0.15, 0.2) is 0 Å². The number of anilines is 1. The molecular weight excluding hydrogens is 390 g/mol. The first kappa shape index (κ1) is 21.0. The van der Waals surface area contributed by atoms with Gasteiger partial charge < -0.3 is 10.2 Å². The van der Waals surface area contributed by atoms with E-state index in [1.807, 2.05) is 6.92 Å². The summed E-state index contributed by atoms with van der Waals surface area (Å²) in [5.74, 6) is 0.182. The number of primary sulfonamides is 1. The molecule has 0 heterocycles. The number of nitrogens with zero attached hydrogens (tertiary/aromatic N) is 1. The van der Waals surface area contributed by atoms with Gasteiger partial charge in [-0.15, -0.1) is 0 Å². The zero-order valence-corrected chi connectivity index (χ0v) is 17.4. The number of hydrogen-bond donors (Lipinski definition) is 2. The third kappa shape index (κ3) is 4.83. The molecule has 1 saturated carbocycles. The van der Waals surface area contributed by atoms with Gasteiger partial charge in [0.05, 0.1) is 10.9 Å². The molecule has 3 unspecified atom stereocenters. The van der Waals surface area contributed by atoms with Crippen LogP contribution in [0.4, 0.5) is 5.69 Å². The van der Waals surface area contributed by atoms with Gasteiger partial charge in [-0.05, 0) is 55.2 Å². The Morgan fingerprint density at radius 1 is 1.17 bits per heavy atom. The fraction of sp³-hybridized carbons (Fsp3) is 0.333. The molecule has 7 nitrogen and oxygen atoms in total. The van der Waals surface area contributed by atoms with Crippen LogP contribution in [0.15, 0.2) is 53.4 Å². The van der Waals surface area contributed by atoms with Crippen molar-refractivity contribution in [1.29, 1.82) is 0 Å². The van der Waals surface area contributed by atoms with E-state index in [-0.39, 0.29) is 28.7 Å². The van der Waals surface area contributed by atoms with E-state index < -0.39 is 10.0 Å². The summed E-state index contributed by atoms with van der Waals surface area (Å²) in [6.45, 7) is 3.84. The summed E-state index contributed by atoms with van der Waals surface area (Å²) in [4.78, 5) is 26.6. The molecule has 0 bridgehead atoms. The largest absolute Gasteiger partial charge is 0.335 e. The molecule has 29 heavy (non-hydrogen) atoms. The average Bonchev–Trinajstić information content (AvgIpc) is 3.42. The van der Waals surface area contributed by atoms with Gasteiger partial charge in [0, 0.05) is 24.2 Å². The number of rotatable bonds is 6. The van der Waals surface area contributed by atoms with Crippen LogP contribution in [0.2, 0.25) is 0 Å². The van der Waals surface area contributed by atoms with Crippen molar-refractivity contribution >= 4 is 27.5 Å². The Morgan fingerprint density at radius 2 is 1.83 bits per heavy atom. The normalized spacial score (nSPS) is 19.3. The quantitative estimate of drug-likeness (QED) is 0.756. The summed E-state index contributed by atoms with van der Waals surface area (Å²) in [5.41, 5.74) is 1.67. The number of benzene rings is 2. The van der Waals surface area contributed by atoms with Crippen LogP contribution >= 0.6 is 0 Å². The van der Waals surface area contributed by atoms with Crippen LogP contribution in [0, 0.1) is 11.8 Å². The van der Waals surface area contributed by atoms with Crippen molar-refractivity contribution in [3.8, 4) is 0 Å². The third-order valence-electron chi connectivity index (χ3n) is 5.39. The molecule has 8 heteroatoms. The highest BCUT2D eigenvalue weighted by molar-refractivity contribution is 7.89. The molecule has 0 spiro atoms. The first-order chi connectivity index (χ1) is 13.6. The summed E-state index contributed by atoms with van der Waals surface area (Å²) in [5, 5.41) is 8.06. The molecule has 0 radical (unpaired) electrons. The summed E-state index contributed by atoms with van der Waals surface area (Å²) in [6, 6.07) is 12.7. The van der Waals surface area contributed by atoms with E-state index in [9.17, 15) is 18.0 Å². The van der Waals surface area contributed by atoms with Crippen molar-refractivity contribution in [3.05, 3.63) is 59.7 Å². The van der Waals surface area contributed by atoms with Crippen molar-refractivity contribution in [2.24, 2.45) is 17.0 Å². The number of carbonyl (C=O) groups is 2. The van der Waals surface area contributed by atoms with E-state index in [4.69, 9.17) is 5.14 Å². The van der Waals surface area contributed by atoms with Crippen LogP contribution in [0.1, 0.15) is 42.2 Å². The molecule has 0 aliphatic heterocycles. The van der Waals surface area contributed by atoms with Gasteiger partial charge in [0.1, 0.15) is 0 Å². The van der Waals surface area contributed by atoms with Crippen LogP contribution in [-0.4, -0.2) is 32.2 Å². The zero-order valence-electron chi connectivity index (χ0n) is 16.6. The molecule has 3 N–H and O–H groups in total. The van der Waals surface area contributed by atoms with E-state index in [1.165, 1.54) is 17.0 Å². The Bertz CT molecular complexity index is 1050. The van der Waals surface area contributed by atoms with Crippen LogP contribution in [0.5, 0.6) is 0 Å². The molecule has 2 aromatic rings. The van der Waals surface area contributed by atoms with Gasteiger partial charge in [-0.3, -0.25) is 9.59 Å². The minimum absolute atomic E-state index is 0.00159. The lowest BCUT2D eigenvalue weighted by atomic mass is 10.1. The first-order valence-corrected chi connectivity index (χ1v) is 10.9. The topological polar surface area (TPSA) is 110 Å². The second-order valence-corrected chi connectivity index (χ2v) is 9.16. The predicted octanol–water partition coefficient (Wildman–Crippen LogP) is 2.76. The molecule has 154 valence electrons. The second kappa shape index (κ2) is 7.96. The van der Waals surface area contributed by atoms with Crippen LogP contribution < -0.4 is 10.5 Å². The molecular formula is C21H25N3O4S. The number of nitrogens with two attached hydrogens (primary N) is 1. The number of amides is 2. The van der Waals surface area contributed by atoms with E-state index in [0.717, 1.165) is 6.42 Å². The Hall–Kier alpha value is -2.71. The summed E-state index contributed by atoms with van der Waals surface area (Å²) in [6.07, 6.45) is 0.891. The lowest BCUT2D eigenvalue weighted by molar-refractivity contribution is -0.117. The Kier molecular flexibility index (Phi) is 5.77. The summed E-state index contributed by atoms with van der Waals surface area (Å²) >= 11 is 0. The third-order valence-corrected chi connectivity index (χ3v) is 6.30. The predicted molar refractivity (Wildman–Crippen MR) is 111 cm³/mol. The van der Waals surface area contributed by atoms with Crippen molar-refractivity contribution < 1.29 is 18.0 Å². The average molecular weight is 416 g/mol. The monoisotopic (exact) mass is 415 g/mol. The molecule has 1 aliphatic rings. The highest BCUT2D eigenvalue weighted by atomic mass is 32.2. The van der Waals surface area contributed by atoms with Crippen molar-refractivity contribution in [2.45, 2.75) is 31.2 Å². The van der Waals surface area contributed by atoms with Crippen molar-refractivity contribution in [3.63, 3.8) is 0 Å². The van der Waals surface area contributed by atoms with Crippen LogP contribution in [-0.2, 0) is 14.8 Å². The molecule has 1 fully saturated rings. The molecule has 3 rings (SSSR count). The Labute approximate surface area is 171 Å². The first-order valence-electron chi connectivity index (χ1n) is 9.39. The molecule has 0 saturated heterocycles. The van der Waals surface area contributed by atoms with Gasteiger partial charge >= 0.3 is 0 Å². The standard InChI is InChI=1S/C21H25N3O4S/c1-13-10-19(13)20(25)23-17-8-4-7-16(11-17)21(26)24(3)14(2)15-6-5-9-18(12-15)29(22,27)28/h4-9,11-14,19H,10H2,1-3H3,(H,23,25)(H2,22,27,28). The maximum Gasteiger partial charge on any atom is 0.254 e. The number of carbonyl (C=O) groups excluding carboxylic acids is 2. The maximum absolute atomic E-state index is 12.9. The summed E-state index contributed by atoms with van der Waals surface area (Å²) in [7, 11) is -2.18. The molecule has 2 aromatic carbocycles. The van der Waals surface area contributed by atoms with Gasteiger partial charge in [-0.1, -0.05) is 25.1 Å². The lowest BCUT2D eigenvalue weighted by Gasteiger charge is -2.26. The van der Waals surface area contributed by atoms with Gasteiger partial charge in [-0.2, -0.15) is 0 Å². The number of sulfonamides is 1. The second-order valence-electron chi connectivity index (χ2n) is 7.60. The highest BCUT2D eigenvalue weighted by Gasteiger charge is 2.39. The van der Waals surface area contributed by atoms with Gasteiger partial charge in [0.2, 0.25) is 15.9 Å². The van der Waals surface area contributed by atoms with E-state index in [1.54, 1.807) is 50.4 Å². The number of nitrogens with one attached hydrogen (secondary N) is 1. The van der Waals surface area contributed by atoms with Gasteiger partial charge in [-0.25, -0.2) is 13.6 Å². The minimum Gasteiger partial charge on any atom is -0.335 e. The lowest BCUT2D eigenvalue weighted by Crippen LogP contribution is -2.30. The zero-order chi connectivity index (χ0) is 21.3. The summed E-state index contributed by atoms with van der Waals surface area (Å²) < 4.78 is 23.2. The maximum atomic E-state index is 12.9.